The molecule has 1 heterocycles. The molecule has 0 atom stereocenters. The smallest absolute Gasteiger partial charge is 0.273 e. The van der Waals surface area contributed by atoms with E-state index in [0.29, 0.717) is 15.8 Å². The fourth-order valence-electron chi connectivity index (χ4n) is 2.36. The van der Waals surface area contributed by atoms with Gasteiger partial charge < -0.3 is 0 Å². The summed E-state index contributed by atoms with van der Waals surface area (Å²) in [6, 6.07) is 8.62. The van der Waals surface area contributed by atoms with Crippen LogP contribution in [0.3, 0.4) is 0 Å². The molecule has 0 spiro atoms. The van der Waals surface area contributed by atoms with E-state index < -0.39 is 20.9 Å². The summed E-state index contributed by atoms with van der Waals surface area (Å²) in [5, 5.41) is 13.9. The van der Waals surface area contributed by atoms with Crippen LogP contribution >= 0.6 is 11.3 Å². The van der Waals surface area contributed by atoms with Gasteiger partial charge in [-0.3, -0.25) is 20.2 Å². The molecule has 0 aliphatic rings. The molecule has 0 radical (unpaired) electrons. The molecule has 1 amide bonds. The number of nitro benzene ring substituents is 1. The third-order valence-electron chi connectivity index (χ3n) is 3.83. The van der Waals surface area contributed by atoms with Gasteiger partial charge in [0.15, 0.2) is 5.13 Å². The number of benzene rings is 2. The number of hydrogen-bond donors (Lipinski definition) is 2. The maximum atomic E-state index is 12.4. The van der Waals surface area contributed by atoms with Gasteiger partial charge in [0.05, 0.1) is 20.0 Å². The van der Waals surface area contributed by atoms with Crippen molar-refractivity contribution in [2.24, 2.45) is 0 Å². The number of aryl methyl sites for hydroxylation is 1. The normalized spacial score (nSPS) is 11.5. The lowest BCUT2D eigenvalue weighted by atomic mass is 10.1. The van der Waals surface area contributed by atoms with E-state index in [1.165, 1.54) is 37.4 Å². The molecule has 27 heavy (non-hydrogen) atoms. The molecule has 1 aromatic heterocycles. The Morgan fingerprint density at radius 1 is 1.22 bits per heavy atom. The van der Waals surface area contributed by atoms with Gasteiger partial charge >= 0.3 is 0 Å². The number of carbonyl (C=O) groups is 1. The first-order valence-corrected chi connectivity index (χ1v) is 9.92. The summed E-state index contributed by atoms with van der Waals surface area (Å²) in [4.78, 5) is 27.2. The van der Waals surface area contributed by atoms with Gasteiger partial charge in [0.1, 0.15) is 0 Å². The van der Waals surface area contributed by atoms with Gasteiger partial charge in [-0.1, -0.05) is 17.4 Å². The number of aromatic nitrogens is 1. The molecule has 0 saturated carbocycles. The Morgan fingerprint density at radius 3 is 2.63 bits per heavy atom. The van der Waals surface area contributed by atoms with Crippen LogP contribution in [0.4, 0.5) is 10.8 Å². The lowest BCUT2D eigenvalue weighted by Gasteiger charge is -2.03. The zero-order valence-electron chi connectivity index (χ0n) is 14.2. The largest absolute Gasteiger partial charge is 0.298 e. The quantitative estimate of drug-likeness (QED) is 0.495. The van der Waals surface area contributed by atoms with Crippen molar-refractivity contribution in [3.05, 3.63) is 57.6 Å². The molecular weight excluding hydrogens is 392 g/mol. The van der Waals surface area contributed by atoms with Crippen molar-refractivity contribution in [3.63, 3.8) is 0 Å². The molecule has 3 aromatic rings. The number of carbonyl (C=O) groups excluding carboxylic acids is 1. The number of anilines is 1. The molecule has 0 fully saturated rings. The predicted octanol–water partition coefficient (Wildman–Crippen LogP) is 2.67. The molecule has 2 N–H and O–H groups in total. The Labute approximate surface area is 158 Å². The van der Waals surface area contributed by atoms with Crippen LogP contribution < -0.4 is 10.0 Å². The average molecular weight is 406 g/mol. The van der Waals surface area contributed by atoms with Crippen molar-refractivity contribution in [2.45, 2.75) is 11.8 Å². The number of rotatable bonds is 5. The first-order chi connectivity index (χ1) is 12.7. The minimum Gasteiger partial charge on any atom is -0.298 e. The second kappa shape index (κ2) is 7.02. The first-order valence-electron chi connectivity index (χ1n) is 7.62. The second-order valence-electron chi connectivity index (χ2n) is 5.57. The predicted molar refractivity (Wildman–Crippen MR) is 102 cm³/mol. The van der Waals surface area contributed by atoms with Crippen molar-refractivity contribution >= 4 is 48.3 Å². The van der Waals surface area contributed by atoms with Gasteiger partial charge in [-0.2, -0.15) is 0 Å². The fourth-order valence-corrected chi connectivity index (χ4v) is 4.09. The van der Waals surface area contributed by atoms with Gasteiger partial charge in [0.25, 0.3) is 11.6 Å². The molecule has 0 aliphatic heterocycles. The topological polar surface area (TPSA) is 131 Å². The summed E-state index contributed by atoms with van der Waals surface area (Å²) in [5.74, 6) is -0.541. The maximum Gasteiger partial charge on any atom is 0.273 e. The number of hydrogen-bond acceptors (Lipinski definition) is 7. The molecule has 11 heteroatoms. The van der Waals surface area contributed by atoms with E-state index in [9.17, 15) is 23.3 Å². The van der Waals surface area contributed by atoms with E-state index in [-0.39, 0.29) is 21.3 Å². The highest BCUT2D eigenvalue weighted by Gasteiger charge is 2.17. The number of thiazole rings is 1. The van der Waals surface area contributed by atoms with E-state index in [4.69, 9.17) is 0 Å². The summed E-state index contributed by atoms with van der Waals surface area (Å²) in [6.07, 6.45) is 0. The van der Waals surface area contributed by atoms with Crippen molar-refractivity contribution in [1.82, 2.24) is 9.71 Å². The zero-order valence-corrected chi connectivity index (χ0v) is 15.8. The van der Waals surface area contributed by atoms with Crippen LogP contribution in [0.1, 0.15) is 15.9 Å². The van der Waals surface area contributed by atoms with Crippen LogP contribution in [0.15, 0.2) is 41.3 Å². The van der Waals surface area contributed by atoms with Gasteiger partial charge in [-0.05, 0) is 38.2 Å². The monoisotopic (exact) mass is 406 g/mol. The Hall–Kier alpha value is -2.89. The van der Waals surface area contributed by atoms with Crippen LogP contribution in [-0.2, 0) is 10.0 Å². The molecule has 9 nitrogen and oxygen atoms in total. The van der Waals surface area contributed by atoms with Crippen LogP contribution in [0.25, 0.3) is 10.2 Å². The summed E-state index contributed by atoms with van der Waals surface area (Å²) >= 11 is 1.11. The summed E-state index contributed by atoms with van der Waals surface area (Å²) in [7, 11) is -2.27. The summed E-state index contributed by atoms with van der Waals surface area (Å²) in [6.45, 7) is 1.59. The highest BCUT2D eigenvalue weighted by molar-refractivity contribution is 7.89. The lowest BCUT2D eigenvalue weighted by Crippen LogP contribution is -2.18. The van der Waals surface area contributed by atoms with E-state index >= 15 is 0 Å². The number of nitro groups is 1. The van der Waals surface area contributed by atoms with E-state index in [1.54, 1.807) is 13.0 Å². The average Bonchev–Trinajstić information content (AvgIpc) is 3.03. The van der Waals surface area contributed by atoms with E-state index in [1.807, 2.05) is 0 Å². The van der Waals surface area contributed by atoms with E-state index in [2.05, 4.69) is 15.0 Å². The van der Waals surface area contributed by atoms with Gasteiger partial charge in [0, 0.05) is 17.2 Å². The van der Waals surface area contributed by atoms with Crippen LogP contribution in [0.5, 0.6) is 0 Å². The van der Waals surface area contributed by atoms with Crippen LogP contribution in [0.2, 0.25) is 0 Å². The van der Waals surface area contributed by atoms with Crippen LogP contribution in [-0.4, -0.2) is 31.3 Å². The maximum absolute atomic E-state index is 12.4. The number of fused-ring (bicyclic) bond motifs is 1. The summed E-state index contributed by atoms with van der Waals surface area (Å²) in [5.41, 5.74) is 0.967. The third-order valence-corrected chi connectivity index (χ3v) is 6.17. The Bertz CT molecular complexity index is 1170. The highest BCUT2D eigenvalue weighted by atomic mass is 32.2. The summed E-state index contributed by atoms with van der Waals surface area (Å²) < 4.78 is 26.6. The van der Waals surface area contributed by atoms with Gasteiger partial charge in [-0.15, -0.1) is 0 Å². The van der Waals surface area contributed by atoms with Gasteiger partial charge in [-0.25, -0.2) is 18.1 Å². The van der Waals surface area contributed by atoms with Crippen molar-refractivity contribution in [1.29, 1.82) is 0 Å². The van der Waals surface area contributed by atoms with Crippen molar-refractivity contribution in [3.8, 4) is 0 Å². The van der Waals surface area contributed by atoms with Crippen LogP contribution in [0, 0.1) is 17.0 Å². The molecule has 3 rings (SSSR count). The number of nitrogens with zero attached hydrogens (tertiary/aromatic N) is 2. The molecule has 0 unspecified atom stereocenters. The number of sulfonamides is 1. The van der Waals surface area contributed by atoms with Crippen molar-refractivity contribution in [2.75, 3.05) is 12.4 Å². The standard InChI is InChI=1S/C16H14N4O5S2/c1-9-3-4-10(7-13(9)20(22)23)15(21)19-16-18-12-6-5-11(8-14(12)26-16)27(24,25)17-2/h3-8,17H,1-2H3,(H,18,19,21). The molecule has 140 valence electrons. The fraction of sp³-hybridized carbons (Fsp3) is 0.125. The third kappa shape index (κ3) is 3.79. The van der Waals surface area contributed by atoms with Gasteiger partial charge in [0.2, 0.25) is 10.0 Å². The Morgan fingerprint density at radius 2 is 1.96 bits per heavy atom. The molecule has 0 aliphatic carbocycles. The SMILES string of the molecule is CNS(=O)(=O)c1ccc2nc(NC(=O)c3ccc(C)c([N+](=O)[O-])c3)sc2c1. The Balaban J connectivity index is 1.89. The molecular formula is C16H14N4O5S2. The minimum absolute atomic E-state index is 0.0909. The first kappa shape index (κ1) is 18.9. The molecule has 0 bridgehead atoms. The lowest BCUT2D eigenvalue weighted by molar-refractivity contribution is -0.385. The highest BCUT2D eigenvalue weighted by Crippen LogP contribution is 2.29. The van der Waals surface area contributed by atoms with Crippen molar-refractivity contribution < 1.29 is 18.1 Å². The minimum atomic E-state index is -3.59. The van der Waals surface area contributed by atoms with E-state index in [0.717, 1.165) is 11.3 Å². The Kier molecular flexibility index (Phi) is 4.91. The zero-order chi connectivity index (χ0) is 19.8. The number of amides is 1. The molecule has 0 saturated heterocycles. The number of nitrogens with one attached hydrogen (secondary N) is 2. The second-order valence-corrected chi connectivity index (χ2v) is 8.49. The molecule has 2 aromatic carbocycles.